The van der Waals surface area contributed by atoms with Crippen molar-refractivity contribution in [3.05, 3.63) is 82.3 Å². The number of anilines is 1. The summed E-state index contributed by atoms with van der Waals surface area (Å²) in [5.74, 6) is -0.759. The molecule has 3 aromatic rings. The molecule has 0 heterocycles. The van der Waals surface area contributed by atoms with Gasteiger partial charge in [0.05, 0.1) is 17.2 Å². The van der Waals surface area contributed by atoms with Gasteiger partial charge in [-0.25, -0.2) is 8.42 Å². The molecule has 1 N–H and O–H groups in total. The van der Waals surface area contributed by atoms with Crippen molar-refractivity contribution in [2.24, 2.45) is 0 Å². The van der Waals surface area contributed by atoms with Gasteiger partial charge >= 0.3 is 0 Å². The number of nitrogens with one attached hydrogen (secondary N) is 1. The third-order valence-electron chi connectivity index (χ3n) is 6.42. The van der Waals surface area contributed by atoms with Crippen LogP contribution in [0.15, 0.2) is 76.5 Å². The van der Waals surface area contributed by atoms with Crippen LogP contribution in [0.3, 0.4) is 0 Å². The van der Waals surface area contributed by atoms with Crippen molar-refractivity contribution in [1.29, 1.82) is 0 Å². The van der Waals surface area contributed by atoms with E-state index in [9.17, 15) is 18.0 Å². The highest BCUT2D eigenvalue weighted by molar-refractivity contribution is 7.98. The summed E-state index contributed by atoms with van der Waals surface area (Å²) < 4.78 is 35.1. The van der Waals surface area contributed by atoms with Crippen molar-refractivity contribution >= 4 is 62.5 Å². The lowest BCUT2D eigenvalue weighted by Crippen LogP contribution is -2.54. The average molecular weight is 667 g/mol. The largest absolute Gasteiger partial charge is 0.492 e. The highest BCUT2D eigenvalue weighted by Gasteiger charge is 2.35. The fourth-order valence-corrected chi connectivity index (χ4v) is 6.59. The number of thioether (sulfide) groups is 1. The number of hydrogen-bond donors (Lipinski definition) is 1. The lowest BCUT2D eigenvalue weighted by atomic mass is 10.1. The minimum Gasteiger partial charge on any atom is -0.492 e. The number of carbonyl (C=O) groups is 2. The molecule has 0 unspecified atom stereocenters. The fourth-order valence-electron chi connectivity index (χ4n) is 4.24. The summed E-state index contributed by atoms with van der Waals surface area (Å²) in [5.41, 5.74) is 0.0529. The Morgan fingerprint density at radius 3 is 2.14 bits per heavy atom. The first kappa shape index (κ1) is 34.6. The molecule has 0 saturated carbocycles. The molecule has 2 amide bonds. The molecule has 0 aliphatic heterocycles. The van der Waals surface area contributed by atoms with E-state index in [1.807, 2.05) is 27.0 Å². The lowest BCUT2D eigenvalue weighted by molar-refractivity contribution is -0.140. The predicted molar refractivity (Wildman–Crippen MR) is 175 cm³/mol. The van der Waals surface area contributed by atoms with Crippen molar-refractivity contribution in [3.63, 3.8) is 0 Å². The van der Waals surface area contributed by atoms with E-state index in [1.165, 1.54) is 28.8 Å². The SMILES string of the molecule is CCOc1ccccc1N(CC(=O)N(Cc1c(Cl)cccc1Cl)[C@H](C)C(=O)NC(C)(C)C)S(=O)(=O)c1ccc(SC)cc1. The lowest BCUT2D eigenvalue weighted by Gasteiger charge is -2.34. The van der Waals surface area contributed by atoms with E-state index in [4.69, 9.17) is 27.9 Å². The second-order valence-electron chi connectivity index (χ2n) is 10.7. The number of benzene rings is 3. The number of carbonyl (C=O) groups excluding carboxylic acids is 2. The molecule has 232 valence electrons. The number of rotatable bonds is 12. The van der Waals surface area contributed by atoms with Crippen LogP contribution in [-0.2, 0) is 26.2 Å². The third-order valence-corrected chi connectivity index (χ3v) is 9.64. The summed E-state index contributed by atoms with van der Waals surface area (Å²) in [5, 5.41) is 3.52. The van der Waals surface area contributed by atoms with Crippen LogP contribution in [0.25, 0.3) is 0 Å². The van der Waals surface area contributed by atoms with Crippen molar-refractivity contribution < 1.29 is 22.7 Å². The molecule has 1 atom stereocenters. The molecule has 43 heavy (non-hydrogen) atoms. The van der Waals surface area contributed by atoms with Crippen molar-refractivity contribution in [3.8, 4) is 5.75 Å². The second-order valence-corrected chi connectivity index (χ2v) is 14.3. The smallest absolute Gasteiger partial charge is 0.264 e. The summed E-state index contributed by atoms with van der Waals surface area (Å²) in [6, 6.07) is 17.0. The monoisotopic (exact) mass is 665 g/mol. The van der Waals surface area contributed by atoms with Gasteiger partial charge in [-0.1, -0.05) is 41.4 Å². The van der Waals surface area contributed by atoms with E-state index in [0.717, 1.165) is 9.20 Å². The standard InChI is InChI=1S/C31H37Cl2N3O5S2/c1-7-41-28-14-9-8-13-27(28)36(43(39,40)23-17-15-22(42-6)16-18-23)20-29(37)35(21(2)30(38)34-31(3,4)5)19-24-25(32)11-10-12-26(24)33/h8-18,21H,7,19-20H2,1-6H3,(H,34,38)/t21-/m1/s1. The quantitative estimate of drug-likeness (QED) is 0.218. The molecule has 0 spiro atoms. The van der Waals surface area contributed by atoms with Gasteiger partial charge in [-0.05, 0) is 89.4 Å². The maximum absolute atomic E-state index is 14.2. The van der Waals surface area contributed by atoms with Crippen LogP contribution >= 0.6 is 35.0 Å². The van der Waals surface area contributed by atoms with Crippen molar-refractivity contribution in [2.45, 2.75) is 62.5 Å². The summed E-state index contributed by atoms with van der Waals surface area (Å²) in [6.45, 7) is 8.39. The molecule has 0 aliphatic carbocycles. The molecule has 0 saturated heterocycles. The fraction of sp³-hybridized carbons (Fsp3) is 0.355. The molecular weight excluding hydrogens is 629 g/mol. The first-order valence-electron chi connectivity index (χ1n) is 13.6. The van der Waals surface area contributed by atoms with Gasteiger partial charge in [0.1, 0.15) is 18.3 Å². The maximum atomic E-state index is 14.2. The molecular formula is C31H37Cl2N3O5S2. The van der Waals surface area contributed by atoms with Gasteiger partial charge < -0.3 is 15.0 Å². The molecule has 0 fully saturated rings. The van der Waals surface area contributed by atoms with E-state index >= 15 is 0 Å². The average Bonchev–Trinajstić information content (AvgIpc) is 2.95. The van der Waals surface area contributed by atoms with Crippen LogP contribution in [0.2, 0.25) is 10.0 Å². The Morgan fingerprint density at radius 2 is 1.58 bits per heavy atom. The van der Waals surface area contributed by atoms with Crippen LogP contribution in [0.4, 0.5) is 5.69 Å². The zero-order chi connectivity index (χ0) is 31.9. The predicted octanol–water partition coefficient (Wildman–Crippen LogP) is 6.64. The third kappa shape index (κ3) is 8.81. The zero-order valence-corrected chi connectivity index (χ0v) is 28.2. The number of halogens is 2. The summed E-state index contributed by atoms with van der Waals surface area (Å²) in [7, 11) is -4.27. The number of sulfonamides is 1. The molecule has 12 heteroatoms. The number of ether oxygens (including phenoxy) is 1. The Morgan fingerprint density at radius 1 is 0.977 bits per heavy atom. The number of hydrogen-bond acceptors (Lipinski definition) is 6. The number of nitrogens with zero attached hydrogens (tertiary/aromatic N) is 2. The Kier molecular flexibility index (Phi) is 11.8. The van der Waals surface area contributed by atoms with E-state index < -0.39 is 40.0 Å². The molecule has 0 aliphatic rings. The number of para-hydroxylation sites is 2. The van der Waals surface area contributed by atoms with Gasteiger partial charge in [-0.3, -0.25) is 13.9 Å². The molecule has 0 bridgehead atoms. The maximum Gasteiger partial charge on any atom is 0.264 e. The summed E-state index contributed by atoms with van der Waals surface area (Å²) in [6.07, 6.45) is 1.89. The van der Waals surface area contributed by atoms with Crippen molar-refractivity contribution in [1.82, 2.24) is 10.2 Å². The van der Waals surface area contributed by atoms with Crippen molar-refractivity contribution in [2.75, 3.05) is 23.7 Å². The van der Waals surface area contributed by atoms with Gasteiger partial charge in [0.25, 0.3) is 10.0 Å². The molecule has 0 aromatic heterocycles. The van der Waals surface area contributed by atoms with E-state index in [1.54, 1.807) is 68.4 Å². The van der Waals surface area contributed by atoms with Gasteiger partial charge in [0.2, 0.25) is 11.8 Å². The van der Waals surface area contributed by atoms with Crippen LogP contribution in [0, 0.1) is 0 Å². The Balaban J connectivity index is 2.13. The van der Waals surface area contributed by atoms with Crippen LogP contribution in [-0.4, -0.2) is 56.1 Å². The highest BCUT2D eigenvalue weighted by Crippen LogP contribution is 2.34. The molecule has 0 radical (unpaired) electrons. The van der Waals surface area contributed by atoms with E-state index in [0.29, 0.717) is 21.4 Å². The van der Waals surface area contributed by atoms with Crippen LogP contribution in [0.1, 0.15) is 40.2 Å². The number of amides is 2. The van der Waals surface area contributed by atoms with Crippen LogP contribution in [0.5, 0.6) is 5.75 Å². The van der Waals surface area contributed by atoms with Gasteiger partial charge in [0, 0.05) is 32.6 Å². The zero-order valence-electron chi connectivity index (χ0n) is 25.1. The first-order chi connectivity index (χ1) is 20.2. The highest BCUT2D eigenvalue weighted by atomic mass is 35.5. The Bertz CT molecular complexity index is 1520. The van der Waals surface area contributed by atoms with Gasteiger partial charge in [0.15, 0.2) is 0 Å². The molecule has 3 rings (SSSR count). The second kappa shape index (κ2) is 14.7. The molecule has 8 nitrogen and oxygen atoms in total. The minimum atomic E-state index is -4.27. The topological polar surface area (TPSA) is 96.0 Å². The Labute approximate surface area is 268 Å². The van der Waals surface area contributed by atoms with Gasteiger partial charge in [-0.15, -0.1) is 11.8 Å². The molecule has 3 aromatic carbocycles. The Hall–Kier alpha value is -2.92. The summed E-state index contributed by atoms with van der Waals surface area (Å²) in [4.78, 5) is 29.7. The van der Waals surface area contributed by atoms with E-state index in [-0.39, 0.29) is 23.7 Å². The minimum absolute atomic E-state index is 0.00336. The van der Waals surface area contributed by atoms with Gasteiger partial charge in [-0.2, -0.15) is 0 Å². The normalized spacial score (nSPS) is 12.4. The van der Waals surface area contributed by atoms with E-state index in [2.05, 4.69) is 5.32 Å². The first-order valence-corrected chi connectivity index (χ1v) is 17.0. The summed E-state index contributed by atoms with van der Waals surface area (Å²) >= 11 is 14.4. The van der Waals surface area contributed by atoms with Crippen LogP contribution < -0.4 is 14.4 Å².